The fraction of sp³-hybridized carbons (Fsp3) is 0.0800. The third-order valence-electron chi connectivity index (χ3n) is 5.79. The third-order valence-corrected chi connectivity index (χ3v) is 5.79. The second-order valence-corrected chi connectivity index (χ2v) is 7.61. The SMILES string of the molecule is Fc1ccccc1C1=N[C@H](Cc2c[nH]c3ccccc23)c2nncn2-c2ccccc21. The van der Waals surface area contributed by atoms with Crippen molar-refractivity contribution in [2.24, 2.45) is 4.99 Å². The summed E-state index contributed by atoms with van der Waals surface area (Å²) in [5, 5.41) is 9.72. The number of aliphatic imine (C=N–C) groups is 1. The van der Waals surface area contributed by atoms with Gasteiger partial charge in [0.05, 0.1) is 11.4 Å². The van der Waals surface area contributed by atoms with Crippen molar-refractivity contribution in [3.8, 4) is 5.69 Å². The zero-order valence-electron chi connectivity index (χ0n) is 16.5. The number of H-pyrrole nitrogens is 1. The Balaban J connectivity index is 1.57. The number of halogens is 1. The van der Waals surface area contributed by atoms with E-state index in [1.54, 1.807) is 18.5 Å². The van der Waals surface area contributed by atoms with Crippen molar-refractivity contribution in [2.75, 3.05) is 0 Å². The quantitative estimate of drug-likeness (QED) is 0.456. The Bertz CT molecular complexity index is 1450. The van der Waals surface area contributed by atoms with E-state index in [0.29, 0.717) is 17.7 Å². The van der Waals surface area contributed by atoms with Gasteiger partial charge in [0.1, 0.15) is 18.2 Å². The van der Waals surface area contributed by atoms with Crippen LogP contribution in [0, 0.1) is 5.82 Å². The molecule has 3 heterocycles. The Morgan fingerprint density at radius 2 is 1.68 bits per heavy atom. The molecule has 0 fully saturated rings. The number of nitrogens with zero attached hydrogens (tertiary/aromatic N) is 4. The molecule has 6 heteroatoms. The molecular weight excluding hydrogens is 389 g/mol. The molecule has 6 rings (SSSR count). The lowest BCUT2D eigenvalue weighted by Gasteiger charge is -2.12. The predicted octanol–water partition coefficient (Wildman–Crippen LogP) is 5.02. The first-order chi connectivity index (χ1) is 15.3. The molecule has 1 aliphatic heterocycles. The van der Waals surface area contributed by atoms with Crippen LogP contribution >= 0.6 is 0 Å². The van der Waals surface area contributed by atoms with E-state index in [1.165, 1.54) is 6.07 Å². The lowest BCUT2D eigenvalue weighted by atomic mass is 9.99. The summed E-state index contributed by atoms with van der Waals surface area (Å²) >= 11 is 0. The van der Waals surface area contributed by atoms with Crippen LogP contribution in [0.3, 0.4) is 0 Å². The molecule has 0 aliphatic carbocycles. The van der Waals surface area contributed by atoms with Gasteiger partial charge < -0.3 is 4.98 Å². The number of rotatable bonds is 3. The fourth-order valence-corrected chi connectivity index (χ4v) is 4.34. The molecule has 0 amide bonds. The van der Waals surface area contributed by atoms with Crippen LogP contribution in [-0.2, 0) is 6.42 Å². The third kappa shape index (κ3) is 2.87. The summed E-state index contributed by atoms with van der Waals surface area (Å²) in [5.74, 6) is 0.448. The first-order valence-electron chi connectivity index (χ1n) is 10.2. The smallest absolute Gasteiger partial charge is 0.162 e. The minimum atomic E-state index is -0.316. The lowest BCUT2D eigenvalue weighted by molar-refractivity contribution is 0.623. The van der Waals surface area contributed by atoms with Gasteiger partial charge in [0.25, 0.3) is 0 Å². The van der Waals surface area contributed by atoms with E-state index in [0.717, 1.165) is 33.5 Å². The van der Waals surface area contributed by atoms with Crippen molar-refractivity contribution in [1.82, 2.24) is 19.7 Å². The summed E-state index contributed by atoms with van der Waals surface area (Å²) in [4.78, 5) is 8.41. The van der Waals surface area contributed by atoms with Crippen LogP contribution in [-0.4, -0.2) is 25.5 Å². The standard InChI is InChI=1S/C25H18FN5/c26-20-10-4-1-8-18(20)24-19-9-3-6-12-23(19)31-15-28-30-25(31)22(29-24)13-16-14-27-21-11-5-2-7-17(16)21/h1-12,14-15,22,27H,13H2/t22-/m1/s1. The Morgan fingerprint density at radius 3 is 2.58 bits per heavy atom. The fourth-order valence-electron chi connectivity index (χ4n) is 4.34. The lowest BCUT2D eigenvalue weighted by Crippen LogP contribution is -2.09. The Hall–Kier alpha value is -4.06. The van der Waals surface area contributed by atoms with E-state index in [4.69, 9.17) is 4.99 Å². The molecule has 0 spiro atoms. The van der Waals surface area contributed by atoms with E-state index >= 15 is 0 Å². The Kier molecular flexibility index (Phi) is 4.02. The average Bonchev–Trinajstić information content (AvgIpc) is 3.42. The van der Waals surface area contributed by atoms with Gasteiger partial charge >= 0.3 is 0 Å². The highest BCUT2D eigenvalue weighted by molar-refractivity contribution is 6.15. The van der Waals surface area contributed by atoms with Gasteiger partial charge in [-0.1, -0.05) is 48.5 Å². The van der Waals surface area contributed by atoms with Gasteiger partial charge in [0.15, 0.2) is 5.82 Å². The highest BCUT2D eigenvalue weighted by Crippen LogP contribution is 2.33. The molecule has 1 aliphatic rings. The first kappa shape index (κ1) is 17.8. The molecule has 1 N–H and O–H groups in total. The molecule has 31 heavy (non-hydrogen) atoms. The summed E-state index contributed by atoms with van der Waals surface area (Å²) in [7, 11) is 0. The topological polar surface area (TPSA) is 58.9 Å². The summed E-state index contributed by atoms with van der Waals surface area (Å²) in [6.07, 6.45) is 4.34. The van der Waals surface area contributed by atoms with Crippen molar-refractivity contribution in [2.45, 2.75) is 12.5 Å². The molecule has 0 bridgehead atoms. The zero-order valence-corrected chi connectivity index (χ0v) is 16.5. The maximum atomic E-state index is 14.8. The minimum Gasteiger partial charge on any atom is -0.361 e. The molecule has 0 saturated carbocycles. The summed E-state index contributed by atoms with van der Waals surface area (Å²) in [6, 6.07) is 22.5. The van der Waals surface area contributed by atoms with Crippen LogP contribution in [0.25, 0.3) is 16.6 Å². The average molecular weight is 407 g/mol. The van der Waals surface area contributed by atoms with Crippen molar-refractivity contribution >= 4 is 16.6 Å². The van der Waals surface area contributed by atoms with Crippen LogP contribution in [0.5, 0.6) is 0 Å². The van der Waals surface area contributed by atoms with Crippen LogP contribution in [0.15, 0.2) is 90.3 Å². The maximum Gasteiger partial charge on any atom is 0.162 e. The van der Waals surface area contributed by atoms with Crippen LogP contribution in [0.4, 0.5) is 4.39 Å². The first-order valence-corrected chi connectivity index (χ1v) is 10.2. The minimum absolute atomic E-state index is 0.292. The number of hydrogen-bond acceptors (Lipinski definition) is 3. The maximum absolute atomic E-state index is 14.8. The van der Waals surface area contributed by atoms with Gasteiger partial charge in [-0.05, 0) is 29.8 Å². The van der Waals surface area contributed by atoms with Gasteiger partial charge in [-0.15, -0.1) is 10.2 Å². The van der Waals surface area contributed by atoms with E-state index in [-0.39, 0.29) is 11.9 Å². The van der Waals surface area contributed by atoms with E-state index in [9.17, 15) is 4.39 Å². The molecule has 2 aromatic heterocycles. The molecule has 0 saturated heterocycles. The molecule has 5 aromatic rings. The van der Waals surface area contributed by atoms with Gasteiger partial charge in [0.2, 0.25) is 0 Å². The van der Waals surface area contributed by atoms with Gasteiger partial charge in [-0.2, -0.15) is 0 Å². The number of nitrogens with one attached hydrogen (secondary N) is 1. The van der Waals surface area contributed by atoms with Crippen LogP contribution in [0.1, 0.15) is 28.6 Å². The number of hydrogen-bond donors (Lipinski definition) is 1. The zero-order chi connectivity index (χ0) is 20.8. The molecule has 0 radical (unpaired) electrons. The summed E-state index contributed by atoms with van der Waals surface area (Å²) < 4.78 is 16.8. The number of para-hydroxylation sites is 2. The largest absolute Gasteiger partial charge is 0.361 e. The number of aromatic nitrogens is 4. The molecule has 1 atom stereocenters. The van der Waals surface area contributed by atoms with Crippen molar-refractivity contribution in [3.63, 3.8) is 0 Å². The highest BCUT2D eigenvalue weighted by Gasteiger charge is 2.28. The van der Waals surface area contributed by atoms with Crippen LogP contribution in [0.2, 0.25) is 0 Å². The highest BCUT2D eigenvalue weighted by atomic mass is 19.1. The molecule has 150 valence electrons. The molecule has 5 nitrogen and oxygen atoms in total. The monoisotopic (exact) mass is 407 g/mol. The van der Waals surface area contributed by atoms with E-state index < -0.39 is 0 Å². The van der Waals surface area contributed by atoms with Crippen molar-refractivity contribution in [1.29, 1.82) is 0 Å². The number of benzene rings is 3. The molecular formula is C25H18FN5. The Labute approximate surface area is 177 Å². The predicted molar refractivity (Wildman–Crippen MR) is 118 cm³/mol. The van der Waals surface area contributed by atoms with E-state index in [2.05, 4.69) is 27.3 Å². The number of fused-ring (bicyclic) bond motifs is 4. The summed E-state index contributed by atoms with van der Waals surface area (Å²) in [5.41, 5.74) is 5.08. The second-order valence-electron chi connectivity index (χ2n) is 7.61. The van der Waals surface area contributed by atoms with Crippen molar-refractivity contribution in [3.05, 3.63) is 114 Å². The molecule has 3 aromatic carbocycles. The van der Waals surface area contributed by atoms with E-state index in [1.807, 2.05) is 53.2 Å². The summed E-state index contributed by atoms with van der Waals surface area (Å²) in [6.45, 7) is 0. The van der Waals surface area contributed by atoms with Crippen LogP contribution < -0.4 is 0 Å². The van der Waals surface area contributed by atoms with Gasteiger partial charge in [0, 0.05) is 34.6 Å². The normalized spacial score (nSPS) is 15.3. The molecule has 0 unspecified atom stereocenters. The second kappa shape index (κ2) is 7.02. The Morgan fingerprint density at radius 1 is 0.903 bits per heavy atom. The number of aromatic amines is 1. The van der Waals surface area contributed by atoms with Gasteiger partial charge in [-0.3, -0.25) is 9.56 Å². The van der Waals surface area contributed by atoms with Crippen molar-refractivity contribution < 1.29 is 4.39 Å². The van der Waals surface area contributed by atoms with Gasteiger partial charge in [-0.25, -0.2) is 4.39 Å².